The van der Waals surface area contributed by atoms with Crippen LogP contribution in [0.15, 0.2) is 102 Å². The summed E-state index contributed by atoms with van der Waals surface area (Å²) in [5, 5.41) is 3.07. The van der Waals surface area contributed by atoms with Gasteiger partial charge in [0.2, 0.25) is 5.91 Å². The molecule has 4 aromatic carbocycles. The van der Waals surface area contributed by atoms with Gasteiger partial charge in [0.05, 0.1) is 10.6 Å². The van der Waals surface area contributed by atoms with E-state index < -0.39 is 22.5 Å². The minimum atomic E-state index is -4.09. The maximum absolute atomic E-state index is 13.6. The average Bonchev–Trinajstić information content (AvgIpc) is 2.91. The van der Waals surface area contributed by atoms with Gasteiger partial charge in [0.25, 0.3) is 10.0 Å². The number of carbonyl (C=O) groups is 2. The molecular formula is C32H31ClN2O4S. The van der Waals surface area contributed by atoms with Gasteiger partial charge in [-0.05, 0) is 60.4 Å². The van der Waals surface area contributed by atoms with Crippen LogP contribution < -0.4 is 9.62 Å². The van der Waals surface area contributed by atoms with Crippen LogP contribution in [0.3, 0.4) is 0 Å². The molecule has 0 fully saturated rings. The van der Waals surface area contributed by atoms with Crippen molar-refractivity contribution in [2.45, 2.75) is 38.0 Å². The summed E-state index contributed by atoms with van der Waals surface area (Å²) in [6, 6.07) is 26.8. The van der Waals surface area contributed by atoms with Crippen molar-refractivity contribution in [3.8, 4) is 0 Å². The molecule has 6 nitrogen and oxygen atoms in total. The number of rotatable bonds is 8. The Labute approximate surface area is 240 Å². The maximum Gasteiger partial charge on any atom is 0.264 e. The number of hydrogen-bond donors (Lipinski definition) is 1. The van der Waals surface area contributed by atoms with E-state index in [0.29, 0.717) is 21.8 Å². The lowest BCUT2D eigenvalue weighted by molar-refractivity contribution is -0.114. The van der Waals surface area contributed by atoms with E-state index in [2.05, 4.69) is 26.1 Å². The highest BCUT2D eigenvalue weighted by Crippen LogP contribution is 2.27. The van der Waals surface area contributed by atoms with E-state index in [0.717, 1.165) is 15.4 Å². The zero-order valence-electron chi connectivity index (χ0n) is 22.8. The van der Waals surface area contributed by atoms with Gasteiger partial charge in [-0.1, -0.05) is 92.5 Å². The first-order valence-electron chi connectivity index (χ1n) is 12.7. The summed E-state index contributed by atoms with van der Waals surface area (Å²) < 4.78 is 28.2. The molecule has 1 amide bonds. The Balaban J connectivity index is 1.57. The molecule has 0 atom stereocenters. The largest absolute Gasteiger partial charge is 0.324 e. The smallest absolute Gasteiger partial charge is 0.264 e. The molecule has 0 aliphatic rings. The molecule has 0 radical (unpaired) electrons. The molecule has 0 aromatic heterocycles. The minimum Gasteiger partial charge on any atom is -0.324 e. The van der Waals surface area contributed by atoms with Crippen molar-refractivity contribution in [3.63, 3.8) is 0 Å². The number of amides is 1. The molecule has 0 bridgehead atoms. The fourth-order valence-electron chi connectivity index (χ4n) is 4.14. The molecule has 4 rings (SSSR count). The Morgan fingerprint density at radius 1 is 0.825 bits per heavy atom. The van der Waals surface area contributed by atoms with Crippen molar-refractivity contribution in [3.05, 3.63) is 124 Å². The number of nitrogens with one attached hydrogen (secondary N) is 1. The van der Waals surface area contributed by atoms with Crippen LogP contribution in [-0.2, 0) is 20.2 Å². The molecule has 0 saturated carbocycles. The first-order chi connectivity index (χ1) is 18.8. The summed E-state index contributed by atoms with van der Waals surface area (Å²) >= 11 is 6.15. The van der Waals surface area contributed by atoms with Crippen molar-refractivity contribution in [2.75, 3.05) is 16.2 Å². The maximum atomic E-state index is 13.6. The third kappa shape index (κ3) is 6.79. The van der Waals surface area contributed by atoms with Gasteiger partial charge < -0.3 is 5.32 Å². The second-order valence-corrected chi connectivity index (χ2v) is 12.9. The monoisotopic (exact) mass is 574 g/mol. The zero-order valence-corrected chi connectivity index (χ0v) is 24.4. The minimum absolute atomic E-state index is 0.0301. The zero-order chi connectivity index (χ0) is 29.1. The highest BCUT2D eigenvalue weighted by Gasteiger charge is 2.27. The van der Waals surface area contributed by atoms with Crippen LogP contribution in [0, 0.1) is 6.92 Å². The molecule has 0 unspecified atom stereocenters. The second-order valence-electron chi connectivity index (χ2n) is 10.6. The van der Waals surface area contributed by atoms with Gasteiger partial charge in [-0.25, -0.2) is 8.42 Å². The highest BCUT2D eigenvalue weighted by molar-refractivity contribution is 7.92. The van der Waals surface area contributed by atoms with Crippen molar-refractivity contribution in [2.24, 2.45) is 0 Å². The van der Waals surface area contributed by atoms with E-state index in [1.54, 1.807) is 66.7 Å². The summed E-state index contributed by atoms with van der Waals surface area (Å²) in [4.78, 5) is 26.4. The van der Waals surface area contributed by atoms with Gasteiger partial charge in [0, 0.05) is 21.8 Å². The predicted octanol–water partition coefficient (Wildman–Crippen LogP) is 7.01. The average molecular weight is 575 g/mol. The number of sulfonamides is 1. The lowest BCUT2D eigenvalue weighted by Gasteiger charge is -2.24. The van der Waals surface area contributed by atoms with Crippen molar-refractivity contribution in [1.29, 1.82) is 0 Å². The molecule has 0 heterocycles. The summed E-state index contributed by atoms with van der Waals surface area (Å²) in [7, 11) is -4.09. The number of aryl methyl sites for hydroxylation is 1. The summed E-state index contributed by atoms with van der Waals surface area (Å²) in [6.45, 7) is 7.68. The summed E-state index contributed by atoms with van der Waals surface area (Å²) in [6.07, 6.45) is 0. The molecule has 40 heavy (non-hydrogen) atoms. The molecule has 0 aliphatic carbocycles. The van der Waals surface area contributed by atoms with Gasteiger partial charge in [0.1, 0.15) is 6.54 Å². The molecule has 0 saturated heterocycles. The summed E-state index contributed by atoms with van der Waals surface area (Å²) in [5.41, 5.74) is 3.57. The normalized spacial score (nSPS) is 11.6. The lowest BCUT2D eigenvalue weighted by atomic mass is 9.86. The Hall–Kier alpha value is -3.94. The van der Waals surface area contributed by atoms with Gasteiger partial charge in [-0.3, -0.25) is 13.9 Å². The van der Waals surface area contributed by atoms with Crippen LogP contribution in [0.4, 0.5) is 11.4 Å². The number of carbonyl (C=O) groups excluding carboxylic acids is 2. The second kappa shape index (κ2) is 11.7. The number of halogens is 1. The third-order valence-electron chi connectivity index (χ3n) is 6.41. The van der Waals surface area contributed by atoms with E-state index in [1.807, 2.05) is 19.1 Å². The number of ketones is 1. The van der Waals surface area contributed by atoms with Crippen molar-refractivity contribution >= 4 is 44.7 Å². The lowest BCUT2D eigenvalue weighted by Crippen LogP contribution is -2.38. The number of benzene rings is 4. The summed E-state index contributed by atoms with van der Waals surface area (Å²) in [5.74, 6) is -0.756. The number of anilines is 2. The van der Waals surface area contributed by atoms with Crippen LogP contribution >= 0.6 is 11.6 Å². The van der Waals surface area contributed by atoms with E-state index in [1.165, 1.54) is 18.2 Å². The van der Waals surface area contributed by atoms with E-state index in [9.17, 15) is 18.0 Å². The quantitative estimate of drug-likeness (QED) is 0.229. The van der Waals surface area contributed by atoms with Crippen LogP contribution in [0.25, 0.3) is 0 Å². The Kier molecular flexibility index (Phi) is 8.47. The first-order valence-corrected chi connectivity index (χ1v) is 14.6. The van der Waals surface area contributed by atoms with Crippen molar-refractivity contribution in [1.82, 2.24) is 0 Å². The number of nitrogens with zero attached hydrogens (tertiary/aromatic N) is 1. The van der Waals surface area contributed by atoms with Crippen LogP contribution in [-0.4, -0.2) is 26.7 Å². The SMILES string of the molecule is Cc1ccc(S(=O)(=O)N(CC(=O)Nc2cccc(C(=O)c3ccc(C(C)(C)C)cc3)c2)c2cccc(Cl)c2)cc1. The molecule has 0 aliphatic heterocycles. The fourth-order valence-corrected chi connectivity index (χ4v) is 5.74. The Bertz CT molecular complexity index is 1640. The molecule has 1 N–H and O–H groups in total. The van der Waals surface area contributed by atoms with Crippen LogP contribution in [0.2, 0.25) is 5.02 Å². The van der Waals surface area contributed by atoms with E-state index in [-0.39, 0.29) is 21.8 Å². The highest BCUT2D eigenvalue weighted by atomic mass is 35.5. The third-order valence-corrected chi connectivity index (χ3v) is 8.44. The Morgan fingerprint density at radius 2 is 1.48 bits per heavy atom. The van der Waals surface area contributed by atoms with Crippen LogP contribution in [0.5, 0.6) is 0 Å². The molecular weight excluding hydrogens is 544 g/mol. The molecule has 4 aromatic rings. The predicted molar refractivity (Wildman–Crippen MR) is 161 cm³/mol. The van der Waals surface area contributed by atoms with Gasteiger partial charge in [-0.15, -0.1) is 0 Å². The van der Waals surface area contributed by atoms with Gasteiger partial charge in [-0.2, -0.15) is 0 Å². The van der Waals surface area contributed by atoms with Crippen LogP contribution in [0.1, 0.15) is 47.8 Å². The standard InChI is InChI=1S/C32H31ClN2O4S/c1-22-11-17-29(18-12-22)40(38,39)35(28-10-6-8-26(33)20-28)21-30(36)34-27-9-5-7-24(19-27)31(37)23-13-15-25(16-14-23)32(2,3)4/h5-20H,21H2,1-4H3,(H,34,36). The molecule has 0 spiro atoms. The van der Waals surface area contributed by atoms with Gasteiger partial charge in [0.15, 0.2) is 5.78 Å². The van der Waals surface area contributed by atoms with E-state index in [4.69, 9.17) is 11.6 Å². The number of hydrogen-bond acceptors (Lipinski definition) is 4. The Morgan fingerprint density at radius 3 is 2.10 bits per heavy atom. The molecule has 8 heteroatoms. The van der Waals surface area contributed by atoms with Gasteiger partial charge >= 0.3 is 0 Å². The molecule has 206 valence electrons. The van der Waals surface area contributed by atoms with Crippen molar-refractivity contribution < 1.29 is 18.0 Å². The van der Waals surface area contributed by atoms with E-state index >= 15 is 0 Å². The fraction of sp³-hybridized carbons (Fsp3) is 0.188. The topological polar surface area (TPSA) is 83.6 Å². The first kappa shape index (κ1) is 29.1.